The minimum absolute atomic E-state index is 0.0180. The quantitative estimate of drug-likeness (QED) is 0.899. The third-order valence-electron chi connectivity index (χ3n) is 2.80. The summed E-state index contributed by atoms with van der Waals surface area (Å²) in [6, 6.07) is 8.88. The summed E-state index contributed by atoms with van der Waals surface area (Å²) in [6.07, 6.45) is 0. The van der Waals surface area contributed by atoms with E-state index in [1.165, 1.54) is 0 Å². The van der Waals surface area contributed by atoms with Gasteiger partial charge in [-0.2, -0.15) is 0 Å². The van der Waals surface area contributed by atoms with Crippen LogP contribution in [0, 0.1) is 6.92 Å². The van der Waals surface area contributed by atoms with Crippen LogP contribution in [0.25, 0.3) is 0 Å². The predicted molar refractivity (Wildman–Crippen MR) is 75.5 cm³/mol. The number of nitrogens with two attached hydrogens (primary N) is 1. The summed E-state index contributed by atoms with van der Waals surface area (Å²) in [5.41, 5.74) is 6.32. The molecule has 0 radical (unpaired) electrons. The molecule has 0 aliphatic heterocycles. The van der Waals surface area contributed by atoms with Crippen LogP contribution in [0.1, 0.15) is 34.8 Å². The zero-order chi connectivity index (χ0) is 14.0. The van der Waals surface area contributed by atoms with E-state index in [1.807, 2.05) is 26.0 Å². The standard InChI is InChI=1S/C14H15ClN2O2/c1-8-3-6-13(19-8)9(2)17-10-4-5-12(15)11(7-10)14(16)18/h3-7,9,17H,1-2H3,(H2,16,18). The number of nitrogens with one attached hydrogen (secondary N) is 1. The lowest BCUT2D eigenvalue weighted by atomic mass is 10.1. The van der Waals surface area contributed by atoms with E-state index in [-0.39, 0.29) is 6.04 Å². The van der Waals surface area contributed by atoms with Crippen LogP contribution in [-0.4, -0.2) is 5.91 Å². The van der Waals surface area contributed by atoms with E-state index >= 15 is 0 Å². The van der Waals surface area contributed by atoms with Crippen LogP contribution >= 0.6 is 11.6 Å². The van der Waals surface area contributed by atoms with Crippen molar-refractivity contribution >= 4 is 23.2 Å². The van der Waals surface area contributed by atoms with Crippen molar-refractivity contribution < 1.29 is 9.21 Å². The molecule has 0 aliphatic rings. The van der Waals surface area contributed by atoms with Crippen molar-refractivity contribution in [3.8, 4) is 0 Å². The van der Waals surface area contributed by atoms with Crippen LogP contribution in [-0.2, 0) is 0 Å². The summed E-state index contributed by atoms with van der Waals surface area (Å²) in [6.45, 7) is 3.86. The molecule has 0 spiro atoms. The average molecular weight is 279 g/mol. The van der Waals surface area contributed by atoms with Crippen molar-refractivity contribution in [1.29, 1.82) is 0 Å². The van der Waals surface area contributed by atoms with Crippen molar-refractivity contribution in [1.82, 2.24) is 0 Å². The Morgan fingerprint density at radius 1 is 1.37 bits per heavy atom. The van der Waals surface area contributed by atoms with Crippen LogP contribution in [0.2, 0.25) is 5.02 Å². The fourth-order valence-electron chi connectivity index (χ4n) is 1.81. The number of halogens is 1. The third-order valence-corrected chi connectivity index (χ3v) is 3.13. The summed E-state index contributed by atoms with van der Waals surface area (Å²) in [4.78, 5) is 11.2. The minimum Gasteiger partial charge on any atom is -0.464 e. The first-order chi connectivity index (χ1) is 8.97. The van der Waals surface area contributed by atoms with Gasteiger partial charge in [0.2, 0.25) is 5.91 Å². The van der Waals surface area contributed by atoms with E-state index in [0.717, 1.165) is 17.2 Å². The molecule has 0 saturated carbocycles. The van der Waals surface area contributed by atoms with Crippen LogP contribution in [0.15, 0.2) is 34.7 Å². The lowest BCUT2D eigenvalue weighted by molar-refractivity contribution is 0.100. The molecule has 2 rings (SSSR count). The maximum absolute atomic E-state index is 11.2. The molecule has 1 unspecified atom stereocenters. The molecule has 1 aromatic heterocycles. The van der Waals surface area contributed by atoms with Crippen molar-refractivity contribution in [2.24, 2.45) is 5.73 Å². The van der Waals surface area contributed by atoms with Gasteiger partial charge in [0.15, 0.2) is 0 Å². The Balaban J connectivity index is 2.19. The highest BCUT2D eigenvalue weighted by molar-refractivity contribution is 6.33. The van der Waals surface area contributed by atoms with Gasteiger partial charge in [-0.1, -0.05) is 11.6 Å². The van der Waals surface area contributed by atoms with E-state index < -0.39 is 5.91 Å². The molecule has 0 fully saturated rings. The van der Waals surface area contributed by atoms with Crippen molar-refractivity contribution in [3.63, 3.8) is 0 Å². The summed E-state index contributed by atoms with van der Waals surface area (Å²) in [5.74, 6) is 1.14. The maximum Gasteiger partial charge on any atom is 0.250 e. The van der Waals surface area contributed by atoms with E-state index in [0.29, 0.717) is 10.6 Å². The third kappa shape index (κ3) is 3.09. The molecule has 100 valence electrons. The Morgan fingerprint density at radius 3 is 2.68 bits per heavy atom. The molecular weight excluding hydrogens is 264 g/mol. The number of hydrogen-bond acceptors (Lipinski definition) is 3. The van der Waals surface area contributed by atoms with Crippen molar-refractivity contribution in [3.05, 3.63) is 52.4 Å². The molecule has 1 atom stereocenters. The van der Waals surface area contributed by atoms with Crippen LogP contribution in [0.3, 0.4) is 0 Å². The molecule has 0 bridgehead atoms. The van der Waals surface area contributed by atoms with Gasteiger partial charge in [-0.15, -0.1) is 0 Å². The maximum atomic E-state index is 11.2. The SMILES string of the molecule is Cc1ccc(C(C)Nc2ccc(Cl)c(C(N)=O)c2)o1. The number of anilines is 1. The van der Waals surface area contributed by atoms with E-state index in [2.05, 4.69) is 5.32 Å². The number of primary amides is 1. The lowest BCUT2D eigenvalue weighted by Gasteiger charge is -2.14. The zero-order valence-corrected chi connectivity index (χ0v) is 11.5. The highest BCUT2D eigenvalue weighted by Gasteiger charge is 2.12. The van der Waals surface area contributed by atoms with Crippen LogP contribution in [0.5, 0.6) is 0 Å². The van der Waals surface area contributed by atoms with Gasteiger partial charge in [0.25, 0.3) is 0 Å². The second kappa shape index (κ2) is 5.36. The van der Waals surface area contributed by atoms with Gasteiger partial charge < -0.3 is 15.5 Å². The first kappa shape index (κ1) is 13.5. The summed E-state index contributed by atoms with van der Waals surface area (Å²) >= 11 is 5.90. The van der Waals surface area contributed by atoms with E-state index in [4.69, 9.17) is 21.8 Å². The fraction of sp³-hybridized carbons (Fsp3) is 0.214. The Kier molecular flexibility index (Phi) is 3.81. The molecule has 19 heavy (non-hydrogen) atoms. The molecule has 1 aromatic carbocycles. The number of hydrogen-bond donors (Lipinski definition) is 2. The average Bonchev–Trinajstić information content (AvgIpc) is 2.78. The smallest absolute Gasteiger partial charge is 0.250 e. The van der Waals surface area contributed by atoms with Gasteiger partial charge in [-0.25, -0.2) is 0 Å². The second-order valence-electron chi connectivity index (χ2n) is 4.37. The van der Waals surface area contributed by atoms with E-state index in [9.17, 15) is 4.79 Å². The number of furan rings is 1. The Labute approximate surface area is 116 Å². The second-order valence-corrected chi connectivity index (χ2v) is 4.78. The Hall–Kier alpha value is -1.94. The zero-order valence-electron chi connectivity index (χ0n) is 10.7. The van der Waals surface area contributed by atoms with Gasteiger partial charge in [0.05, 0.1) is 16.6 Å². The van der Waals surface area contributed by atoms with E-state index in [1.54, 1.807) is 18.2 Å². The molecule has 0 aliphatic carbocycles. The fourth-order valence-corrected chi connectivity index (χ4v) is 2.02. The summed E-state index contributed by atoms with van der Waals surface area (Å²) in [7, 11) is 0. The van der Waals surface area contributed by atoms with Crippen LogP contribution < -0.4 is 11.1 Å². The summed E-state index contributed by atoms with van der Waals surface area (Å²) < 4.78 is 5.54. The lowest BCUT2D eigenvalue weighted by Crippen LogP contribution is -2.13. The molecule has 3 N–H and O–H groups in total. The molecular formula is C14H15ClN2O2. The van der Waals surface area contributed by atoms with Gasteiger partial charge in [-0.05, 0) is 44.2 Å². The molecule has 0 saturated heterocycles. The minimum atomic E-state index is -0.546. The van der Waals surface area contributed by atoms with Crippen LogP contribution in [0.4, 0.5) is 5.69 Å². The highest BCUT2D eigenvalue weighted by Crippen LogP contribution is 2.24. The molecule has 2 aromatic rings. The number of rotatable bonds is 4. The summed E-state index contributed by atoms with van der Waals surface area (Å²) in [5, 5.41) is 3.58. The van der Waals surface area contributed by atoms with Crippen molar-refractivity contribution in [2.75, 3.05) is 5.32 Å². The Morgan fingerprint density at radius 2 is 2.11 bits per heavy atom. The van der Waals surface area contributed by atoms with Gasteiger partial charge in [0, 0.05) is 5.69 Å². The first-order valence-electron chi connectivity index (χ1n) is 5.89. The van der Waals surface area contributed by atoms with Gasteiger partial charge in [-0.3, -0.25) is 4.79 Å². The largest absolute Gasteiger partial charge is 0.464 e. The topological polar surface area (TPSA) is 68.3 Å². The van der Waals surface area contributed by atoms with Gasteiger partial charge >= 0.3 is 0 Å². The number of amides is 1. The molecule has 5 heteroatoms. The normalized spacial score (nSPS) is 12.2. The molecule has 4 nitrogen and oxygen atoms in total. The van der Waals surface area contributed by atoms with Crippen molar-refractivity contribution in [2.45, 2.75) is 19.9 Å². The first-order valence-corrected chi connectivity index (χ1v) is 6.27. The molecule has 1 heterocycles. The number of benzene rings is 1. The van der Waals surface area contributed by atoms with Gasteiger partial charge in [0.1, 0.15) is 11.5 Å². The monoisotopic (exact) mass is 278 g/mol. The molecule has 1 amide bonds. The Bertz CT molecular complexity index is 607. The number of carbonyl (C=O) groups is 1. The highest BCUT2D eigenvalue weighted by atomic mass is 35.5. The number of carbonyl (C=O) groups excluding carboxylic acids is 1. The predicted octanol–water partition coefficient (Wildman–Crippen LogP) is 3.51. The number of aryl methyl sites for hydroxylation is 1.